The Labute approximate surface area is 217 Å². The topological polar surface area (TPSA) is 77.5 Å². The molecule has 0 bridgehead atoms. The summed E-state index contributed by atoms with van der Waals surface area (Å²) >= 11 is 0. The third kappa shape index (κ3) is 5.84. The molecule has 0 radical (unpaired) electrons. The van der Waals surface area contributed by atoms with E-state index in [1.165, 1.54) is 18.4 Å². The lowest BCUT2D eigenvalue weighted by molar-refractivity contribution is -0.116. The van der Waals surface area contributed by atoms with Crippen molar-refractivity contribution in [1.29, 1.82) is 0 Å². The normalized spacial score (nSPS) is 19.6. The average molecular weight is 507 g/mol. The molecule has 1 aliphatic carbocycles. The Morgan fingerprint density at radius 3 is 2.43 bits per heavy atom. The van der Waals surface area contributed by atoms with Crippen LogP contribution in [0.25, 0.3) is 0 Å². The summed E-state index contributed by atoms with van der Waals surface area (Å²) in [5, 5.41) is 0. The summed E-state index contributed by atoms with van der Waals surface area (Å²) in [6, 6.07) is 13.4. The van der Waals surface area contributed by atoms with Crippen LogP contribution in [0.4, 0.5) is 10.5 Å². The van der Waals surface area contributed by atoms with Crippen molar-refractivity contribution in [3.05, 3.63) is 59.9 Å². The molecule has 8 heteroatoms. The van der Waals surface area contributed by atoms with Gasteiger partial charge in [-0.3, -0.25) is 4.79 Å². The Morgan fingerprint density at radius 2 is 1.76 bits per heavy atom. The van der Waals surface area contributed by atoms with Crippen molar-refractivity contribution in [3.63, 3.8) is 0 Å². The highest BCUT2D eigenvalue weighted by Crippen LogP contribution is 2.40. The smallest absolute Gasteiger partial charge is 0.410 e. The van der Waals surface area contributed by atoms with Crippen LogP contribution >= 0.6 is 0 Å². The fourth-order valence-electron chi connectivity index (χ4n) is 4.55. The maximum absolute atomic E-state index is 13.1. The number of carbonyl (C=O) groups excluding carboxylic acids is 2. The van der Waals surface area contributed by atoms with Gasteiger partial charge in [0.1, 0.15) is 17.5 Å². The molecule has 5 rings (SSSR count). The number of ether oxygens (including phenoxy) is 4. The number of nitrogens with zero attached hydrogens (tertiary/aromatic N) is 2. The van der Waals surface area contributed by atoms with E-state index in [1.807, 2.05) is 39.0 Å². The monoisotopic (exact) mass is 506 g/mol. The van der Waals surface area contributed by atoms with E-state index in [2.05, 4.69) is 12.1 Å². The first-order valence-electron chi connectivity index (χ1n) is 12.8. The standard InChI is InChI=1S/C29H34N2O6/c1-29(2,3)37-28(33)30-15-13-23(18-30)36-24-12-9-21(17-26(24)34-4)31-16-14-25(27(31)32)35-22-10-7-20(8-11-22)19-5-6-19/h7-12,14,17,19,23H,5-6,13,15-16,18H2,1-4H3. The predicted octanol–water partition coefficient (Wildman–Crippen LogP) is 5.27. The van der Waals surface area contributed by atoms with Crippen molar-refractivity contribution < 1.29 is 28.5 Å². The molecule has 3 aliphatic rings. The van der Waals surface area contributed by atoms with Crippen LogP contribution in [0.1, 0.15) is 51.5 Å². The Morgan fingerprint density at radius 1 is 1.00 bits per heavy atom. The maximum Gasteiger partial charge on any atom is 0.410 e. The molecule has 1 unspecified atom stereocenters. The third-order valence-electron chi connectivity index (χ3n) is 6.62. The number of anilines is 1. The van der Waals surface area contributed by atoms with Crippen molar-refractivity contribution >= 4 is 17.7 Å². The zero-order valence-corrected chi connectivity index (χ0v) is 21.9. The molecule has 0 N–H and O–H groups in total. The van der Waals surface area contributed by atoms with Crippen LogP contribution in [0, 0.1) is 0 Å². The van der Waals surface area contributed by atoms with Crippen molar-refractivity contribution in [2.45, 2.75) is 57.7 Å². The first-order valence-corrected chi connectivity index (χ1v) is 12.8. The molecule has 8 nitrogen and oxygen atoms in total. The van der Waals surface area contributed by atoms with Gasteiger partial charge in [0.05, 0.1) is 13.7 Å². The second kappa shape index (κ2) is 10.00. The number of carbonyl (C=O) groups is 2. The van der Waals surface area contributed by atoms with E-state index in [0.29, 0.717) is 60.7 Å². The number of likely N-dealkylation sites (tertiary alicyclic amines) is 1. The van der Waals surface area contributed by atoms with Gasteiger partial charge in [-0.2, -0.15) is 0 Å². The highest BCUT2D eigenvalue weighted by atomic mass is 16.6. The molecule has 2 aliphatic heterocycles. The molecule has 2 heterocycles. The molecule has 37 heavy (non-hydrogen) atoms. The van der Waals surface area contributed by atoms with Gasteiger partial charge >= 0.3 is 6.09 Å². The number of hydrogen-bond donors (Lipinski definition) is 0. The average Bonchev–Trinajstić information content (AvgIpc) is 3.50. The molecule has 2 amide bonds. The minimum atomic E-state index is -0.539. The van der Waals surface area contributed by atoms with E-state index in [9.17, 15) is 9.59 Å². The minimum Gasteiger partial charge on any atom is -0.493 e. The summed E-state index contributed by atoms with van der Waals surface area (Å²) in [6.07, 6.45) is 4.47. The van der Waals surface area contributed by atoms with Gasteiger partial charge < -0.3 is 28.7 Å². The number of benzene rings is 2. The summed E-state index contributed by atoms with van der Waals surface area (Å²) in [6.45, 7) is 6.97. The molecule has 2 fully saturated rings. The lowest BCUT2D eigenvalue weighted by atomic mass is 10.1. The molecule has 196 valence electrons. The van der Waals surface area contributed by atoms with Gasteiger partial charge in [0, 0.05) is 31.3 Å². The Bertz CT molecular complexity index is 1200. The van der Waals surface area contributed by atoms with Gasteiger partial charge in [-0.1, -0.05) is 12.1 Å². The highest BCUT2D eigenvalue weighted by molar-refractivity contribution is 6.07. The van der Waals surface area contributed by atoms with Crippen LogP contribution in [-0.2, 0) is 9.53 Å². The molecule has 1 saturated heterocycles. The summed E-state index contributed by atoms with van der Waals surface area (Å²) in [4.78, 5) is 28.7. The van der Waals surface area contributed by atoms with E-state index >= 15 is 0 Å². The van der Waals surface area contributed by atoms with Crippen LogP contribution in [-0.4, -0.2) is 55.3 Å². The first kappa shape index (κ1) is 25.0. The Kier molecular flexibility index (Phi) is 6.75. The van der Waals surface area contributed by atoms with Gasteiger partial charge in [0.25, 0.3) is 5.91 Å². The number of amides is 2. The van der Waals surface area contributed by atoms with Crippen LogP contribution in [0.2, 0.25) is 0 Å². The van der Waals surface area contributed by atoms with Crippen molar-refractivity contribution in [3.8, 4) is 17.2 Å². The fourth-order valence-corrected chi connectivity index (χ4v) is 4.55. The molecule has 0 aromatic heterocycles. The van der Waals surface area contributed by atoms with Gasteiger partial charge in [-0.25, -0.2) is 4.79 Å². The second-order valence-corrected chi connectivity index (χ2v) is 10.7. The van der Waals surface area contributed by atoms with Crippen LogP contribution < -0.4 is 19.1 Å². The Balaban J connectivity index is 1.19. The maximum atomic E-state index is 13.1. The van der Waals surface area contributed by atoms with E-state index in [0.717, 1.165) is 0 Å². The number of hydrogen-bond acceptors (Lipinski definition) is 6. The zero-order valence-electron chi connectivity index (χ0n) is 21.9. The number of methoxy groups -OCH3 is 1. The largest absolute Gasteiger partial charge is 0.493 e. The quantitative estimate of drug-likeness (QED) is 0.509. The van der Waals surface area contributed by atoms with Crippen molar-refractivity contribution in [2.75, 3.05) is 31.6 Å². The van der Waals surface area contributed by atoms with Gasteiger partial charge in [-0.15, -0.1) is 0 Å². The molecule has 1 saturated carbocycles. The molecule has 2 aromatic rings. The van der Waals surface area contributed by atoms with Crippen molar-refractivity contribution in [2.24, 2.45) is 0 Å². The van der Waals surface area contributed by atoms with Gasteiger partial charge in [0.2, 0.25) is 0 Å². The molecular formula is C29H34N2O6. The van der Waals surface area contributed by atoms with Crippen LogP contribution in [0.3, 0.4) is 0 Å². The molecule has 1 atom stereocenters. The molecule has 2 aromatic carbocycles. The Hall–Kier alpha value is -3.68. The third-order valence-corrected chi connectivity index (χ3v) is 6.62. The molecule has 0 spiro atoms. The van der Waals surface area contributed by atoms with E-state index in [4.69, 9.17) is 18.9 Å². The summed E-state index contributed by atoms with van der Waals surface area (Å²) in [7, 11) is 1.57. The second-order valence-electron chi connectivity index (χ2n) is 10.7. The summed E-state index contributed by atoms with van der Waals surface area (Å²) in [5.41, 5.74) is 1.47. The predicted molar refractivity (Wildman–Crippen MR) is 139 cm³/mol. The fraction of sp³-hybridized carbons (Fsp3) is 0.448. The van der Waals surface area contributed by atoms with Crippen LogP contribution in [0.15, 0.2) is 54.3 Å². The summed E-state index contributed by atoms with van der Waals surface area (Å²) in [5.74, 6) is 2.53. The lowest BCUT2D eigenvalue weighted by Crippen LogP contribution is -2.36. The SMILES string of the molecule is COc1cc(N2CC=C(Oc3ccc(C4CC4)cc3)C2=O)ccc1OC1CCN(C(=O)OC(C)(C)C)C1. The zero-order chi connectivity index (χ0) is 26.2. The van der Waals surface area contributed by atoms with Crippen LogP contribution in [0.5, 0.6) is 17.2 Å². The molecular weight excluding hydrogens is 472 g/mol. The van der Waals surface area contributed by atoms with E-state index < -0.39 is 5.60 Å². The minimum absolute atomic E-state index is 0.173. The van der Waals surface area contributed by atoms with E-state index in [-0.39, 0.29) is 18.1 Å². The van der Waals surface area contributed by atoms with Gasteiger partial charge in [-0.05, 0) is 75.4 Å². The highest BCUT2D eigenvalue weighted by Gasteiger charge is 2.32. The summed E-state index contributed by atoms with van der Waals surface area (Å²) < 4.78 is 23.1. The first-order chi connectivity index (χ1) is 17.7. The van der Waals surface area contributed by atoms with Gasteiger partial charge in [0.15, 0.2) is 17.3 Å². The van der Waals surface area contributed by atoms with Crippen molar-refractivity contribution in [1.82, 2.24) is 4.90 Å². The number of rotatable bonds is 7. The van der Waals surface area contributed by atoms with E-state index in [1.54, 1.807) is 35.1 Å². The lowest BCUT2D eigenvalue weighted by Gasteiger charge is -2.24.